The Morgan fingerprint density at radius 3 is 2.63 bits per heavy atom. The van der Waals surface area contributed by atoms with Crippen molar-refractivity contribution in [2.45, 2.75) is 107 Å². The second-order valence-electron chi connectivity index (χ2n) is 11.6. The summed E-state index contributed by atoms with van der Waals surface area (Å²) < 4.78 is 5.92. The van der Waals surface area contributed by atoms with E-state index in [1.54, 1.807) is 4.90 Å². The number of nitrogens with zero attached hydrogens (tertiary/aromatic N) is 1. The van der Waals surface area contributed by atoms with Gasteiger partial charge in [-0.3, -0.25) is 9.59 Å². The summed E-state index contributed by atoms with van der Waals surface area (Å²) in [7, 11) is 0. The lowest BCUT2D eigenvalue weighted by Gasteiger charge is -2.47. The molecule has 2 amide bonds. The molecular weight excluding hydrogens is 438 g/mol. The first-order valence-corrected chi connectivity index (χ1v) is 13.8. The second-order valence-corrected chi connectivity index (χ2v) is 11.6. The van der Waals surface area contributed by atoms with Crippen molar-refractivity contribution < 1.29 is 14.3 Å². The second kappa shape index (κ2) is 9.36. The van der Waals surface area contributed by atoms with Crippen LogP contribution in [0.5, 0.6) is 0 Å². The highest BCUT2D eigenvalue weighted by Crippen LogP contribution is 2.41. The number of fused-ring (bicyclic) bond motifs is 1. The van der Waals surface area contributed by atoms with Gasteiger partial charge in [0.2, 0.25) is 5.91 Å². The van der Waals surface area contributed by atoms with Crippen molar-refractivity contribution in [2.24, 2.45) is 5.92 Å². The van der Waals surface area contributed by atoms with Crippen LogP contribution >= 0.6 is 0 Å². The average Bonchev–Trinajstić information content (AvgIpc) is 3.15. The Morgan fingerprint density at radius 1 is 1.09 bits per heavy atom. The Labute approximate surface area is 208 Å². The monoisotopic (exact) mass is 477 g/mol. The van der Waals surface area contributed by atoms with Crippen LogP contribution in [0, 0.1) is 5.92 Å². The van der Waals surface area contributed by atoms with Gasteiger partial charge in [-0.2, -0.15) is 0 Å². The fraction of sp³-hybridized carbons (Fsp3) is 0.655. The van der Waals surface area contributed by atoms with Crippen LogP contribution in [0.2, 0.25) is 0 Å². The summed E-state index contributed by atoms with van der Waals surface area (Å²) >= 11 is 0. The molecule has 3 atom stereocenters. The summed E-state index contributed by atoms with van der Waals surface area (Å²) in [4.78, 5) is 27.3. The van der Waals surface area contributed by atoms with E-state index in [0.717, 1.165) is 36.3 Å². The number of nitrogens with one attached hydrogen (secondary N) is 2. The zero-order valence-electron chi connectivity index (χ0n) is 20.8. The lowest BCUT2D eigenvalue weighted by Crippen LogP contribution is -2.52. The fourth-order valence-electron chi connectivity index (χ4n) is 7.21. The number of allylic oxidation sites excluding steroid dienone is 1. The number of ether oxygens (including phenoxy) is 1. The summed E-state index contributed by atoms with van der Waals surface area (Å²) in [5, 5.41) is 6.89. The molecule has 1 aromatic rings. The number of carbonyl (C=O) groups is 2. The minimum absolute atomic E-state index is 0.0121. The molecule has 1 unspecified atom stereocenters. The molecular formula is C29H39N3O3. The molecule has 6 rings (SSSR count). The van der Waals surface area contributed by atoms with Crippen LogP contribution in [-0.4, -0.2) is 47.0 Å². The zero-order chi connectivity index (χ0) is 24.0. The molecule has 3 aliphatic heterocycles. The van der Waals surface area contributed by atoms with Crippen molar-refractivity contribution in [1.82, 2.24) is 15.5 Å². The summed E-state index contributed by atoms with van der Waals surface area (Å²) in [5.74, 6) is 0.527. The Morgan fingerprint density at radius 2 is 1.89 bits per heavy atom. The Kier molecular flexibility index (Phi) is 6.21. The topological polar surface area (TPSA) is 70.7 Å². The third kappa shape index (κ3) is 4.55. The Bertz CT molecular complexity index is 1010. The van der Waals surface area contributed by atoms with Gasteiger partial charge < -0.3 is 20.3 Å². The smallest absolute Gasteiger partial charge is 0.255 e. The van der Waals surface area contributed by atoms with Gasteiger partial charge in [-0.05, 0) is 87.3 Å². The summed E-state index contributed by atoms with van der Waals surface area (Å²) in [6, 6.07) is 7.19. The number of hydrogen-bond donors (Lipinski definition) is 2. The Hall–Kier alpha value is -2.18. The highest BCUT2D eigenvalue weighted by Gasteiger charge is 2.42. The normalized spacial score (nSPS) is 35.1. The summed E-state index contributed by atoms with van der Waals surface area (Å²) in [6.45, 7) is 5.35. The van der Waals surface area contributed by atoms with Crippen LogP contribution in [-0.2, 0) is 22.5 Å². The molecule has 2 aliphatic carbocycles. The zero-order valence-corrected chi connectivity index (χ0v) is 20.8. The van der Waals surface area contributed by atoms with Crippen LogP contribution in [0.4, 0.5) is 0 Å². The van der Waals surface area contributed by atoms with Gasteiger partial charge in [-0.15, -0.1) is 0 Å². The predicted molar refractivity (Wildman–Crippen MR) is 135 cm³/mol. The van der Waals surface area contributed by atoms with E-state index in [1.165, 1.54) is 63.4 Å². The number of hydrogen-bond acceptors (Lipinski definition) is 4. The number of amides is 2. The van der Waals surface area contributed by atoms with Gasteiger partial charge in [-0.25, -0.2) is 0 Å². The predicted octanol–water partition coefficient (Wildman–Crippen LogP) is 4.23. The van der Waals surface area contributed by atoms with Crippen molar-refractivity contribution in [2.75, 3.05) is 6.61 Å². The standard InChI is InChI=1S/C29H39N3O3/c1-19-6-9-26(27(33)30-19)32-18-22-17-20(7-8-24(22)28(32)34)16-21-4-2-3-5-25(21)31-23-10-12-29(13-11-23)14-15-35-29/h7-8,17,21,23,25-26,31H,1-6,9-16,18H2,(H,30,33)/t21-,23-,25+,26?,29+/m1/s1. The van der Waals surface area contributed by atoms with Gasteiger partial charge in [0.1, 0.15) is 6.04 Å². The molecule has 1 aromatic carbocycles. The molecule has 188 valence electrons. The molecule has 5 aliphatic rings. The van der Waals surface area contributed by atoms with E-state index >= 15 is 0 Å². The number of piperidine rings is 1. The Balaban J connectivity index is 1.09. The molecule has 6 heteroatoms. The SMILES string of the molecule is C=C1CCC(N2Cc3cc(C[C@H]4CCCC[C@@H]4N[C@H]4CC[C@]5(CCO5)CC4)ccc3C2=O)C(=O)N1. The third-order valence-electron chi connectivity index (χ3n) is 9.42. The number of rotatable bonds is 5. The molecule has 0 radical (unpaired) electrons. The summed E-state index contributed by atoms with van der Waals surface area (Å²) in [6.07, 6.45) is 13.8. The van der Waals surface area contributed by atoms with Gasteiger partial charge in [0.15, 0.2) is 0 Å². The van der Waals surface area contributed by atoms with Crippen LogP contribution in [0.1, 0.15) is 92.1 Å². The molecule has 6 nitrogen and oxygen atoms in total. The molecule has 0 aromatic heterocycles. The largest absolute Gasteiger partial charge is 0.375 e. The first kappa shape index (κ1) is 23.2. The van der Waals surface area contributed by atoms with Crippen LogP contribution in [0.3, 0.4) is 0 Å². The highest BCUT2D eigenvalue weighted by atomic mass is 16.5. The quantitative estimate of drug-likeness (QED) is 0.666. The van der Waals surface area contributed by atoms with Gasteiger partial charge in [0.05, 0.1) is 12.2 Å². The maximum atomic E-state index is 13.1. The van der Waals surface area contributed by atoms with Crippen LogP contribution < -0.4 is 10.6 Å². The van der Waals surface area contributed by atoms with Crippen LogP contribution in [0.25, 0.3) is 0 Å². The van der Waals surface area contributed by atoms with E-state index < -0.39 is 6.04 Å². The molecule has 2 saturated carbocycles. The van der Waals surface area contributed by atoms with Crippen molar-refractivity contribution in [3.8, 4) is 0 Å². The number of carbonyl (C=O) groups excluding carboxylic acids is 2. The maximum Gasteiger partial charge on any atom is 0.255 e. The van der Waals surface area contributed by atoms with Crippen molar-refractivity contribution in [1.29, 1.82) is 0 Å². The fourth-order valence-corrected chi connectivity index (χ4v) is 7.21. The van der Waals surface area contributed by atoms with E-state index in [9.17, 15) is 9.59 Å². The van der Waals surface area contributed by atoms with E-state index in [-0.39, 0.29) is 17.4 Å². The third-order valence-corrected chi connectivity index (χ3v) is 9.42. The molecule has 2 N–H and O–H groups in total. The number of benzene rings is 1. The lowest BCUT2D eigenvalue weighted by molar-refractivity contribution is -0.167. The molecule has 4 fully saturated rings. The van der Waals surface area contributed by atoms with E-state index in [2.05, 4.69) is 29.3 Å². The average molecular weight is 478 g/mol. The molecule has 35 heavy (non-hydrogen) atoms. The van der Waals surface area contributed by atoms with Crippen molar-refractivity contribution in [3.05, 3.63) is 47.2 Å². The van der Waals surface area contributed by atoms with E-state index in [1.807, 2.05) is 6.07 Å². The first-order valence-electron chi connectivity index (χ1n) is 13.8. The summed E-state index contributed by atoms with van der Waals surface area (Å²) in [5.41, 5.74) is 4.13. The highest BCUT2D eigenvalue weighted by molar-refractivity contribution is 6.01. The van der Waals surface area contributed by atoms with Gasteiger partial charge >= 0.3 is 0 Å². The minimum atomic E-state index is -0.393. The first-order chi connectivity index (χ1) is 17.0. The van der Waals surface area contributed by atoms with Gasteiger partial charge in [0.25, 0.3) is 5.91 Å². The van der Waals surface area contributed by atoms with E-state index in [0.29, 0.717) is 31.0 Å². The molecule has 3 heterocycles. The molecule has 0 bridgehead atoms. The van der Waals surface area contributed by atoms with E-state index in [4.69, 9.17) is 4.74 Å². The minimum Gasteiger partial charge on any atom is -0.375 e. The van der Waals surface area contributed by atoms with Gasteiger partial charge in [-0.1, -0.05) is 31.6 Å². The molecule has 1 spiro atoms. The lowest BCUT2D eigenvalue weighted by atomic mass is 9.76. The molecule has 2 saturated heterocycles. The van der Waals surface area contributed by atoms with Crippen molar-refractivity contribution >= 4 is 11.8 Å². The van der Waals surface area contributed by atoms with Gasteiger partial charge in [0, 0.05) is 29.9 Å². The van der Waals surface area contributed by atoms with Crippen molar-refractivity contribution in [3.63, 3.8) is 0 Å². The van der Waals surface area contributed by atoms with Crippen LogP contribution in [0.15, 0.2) is 30.5 Å². The maximum absolute atomic E-state index is 13.1.